The number of carbonyl (C=O) groups excluding carboxylic acids is 1. The second-order valence-electron chi connectivity index (χ2n) is 5.04. The lowest BCUT2D eigenvalue weighted by atomic mass is 10.0. The van der Waals surface area contributed by atoms with Crippen molar-refractivity contribution in [3.8, 4) is 0 Å². The van der Waals surface area contributed by atoms with Crippen LogP contribution in [0.5, 0.6) is 0 Å². The van der Waals surface area contributed by atoms with Gasteiger partial charge in [0.25, 0.3) is 0 Å². The number of amides is 1. The summed E-state index contributed by atoms with van der Waals surface area (Å²) in [5, 5.41) is 6.13. The molecule has 1 heterocycles. The summed E-state index contributed by atoms with van der Waals surface area (Å²) in [6, 6.07) is 0.225. The number of nitrogens with zero attached hydrogens (tertiary/aromatic N) is 1. The fourth-order valence-corrected chi connectivity index (χ4v) is 3.30. The Morgan fingerprint density at radius 2 is 2.16 bits per heavy atom. The molecule has 2 N–H and O–H groups in total. The molecule has 0 aromatic heterocycles. The van der Waals surface area contributed by atoms with E-state index in [4.69, 9.17) is 0 Å². The normalized spacial score (nSPS) is 23.8. The first-order chi connectivity index (χ1) is 8.86. The smallest absolute Gasteiger partial charge is 0.224 e. The van der Waals surface area contributed by atoms with Crippen LogP contribution >= 0.6 is 0 Å². The van der Waals surface area contributed by atoms with E-state index in [0.29, 0.717) is 26.1 Å². The molecule has 1 fully saturated rings. The van der Waals surface area contributed by atoms with Crippen LogP contribution in [0.4, 0.5) is 0 Å². The molecule has 0 bridgehead atoms. The number of sulfonamides is 1. The second-order valence-corrected chi connectivity index (χ2v) is 7.02. The third-order valence-electron chi connectivity index (χ3n) is 3.57. The van der Waals surface area contributed by atoms with Gasteiger partial charge in [-0.15, -0.1) is 0 Å². The van der Waals surface area contributed by atoms with E-state index in [1.54, 1.807) is 0 Å². The average Bonchev–Trinajstić information content (AvgIpc) is 2.73. The van der Waals surface area contributed by atoms with E-state index in [1.165, 1.54) is 10.6 Å². The van der Waals surface area contributed by atoms with E-state index in [0.717, 1.165) is 13.0 Å². The average molecular weight is 291 g/mol. The monoisotopic (exact) mass is 291 g/mol. The lowest BCUT2D eigenvalue weighted by molar-refractivity contribution is -0.125. The Balaban J connectivity index is 2.25. The summed E-state index contributed by atoms with van der Waals surface area (Å²) in [5.74, 6) is 0.108. The van der Waals surface area contributed by atoms with Crippen molar-refractivity contribution in [2.45, 2.75) is 32.7 Å². The number of rotatable bonds is 7. The van der Waals surface area contributed by atoms with Gasteiger partial charge in [-0.05, 0) is 26.3 Å². The van der Waals surface area contributed by atoms with Crippen molar-refractivity contribution in [2.24, 2.45) is 5.92 Å². The molecular formula is C12H25N3O3S. The molecule has 1 amide bonds. The summed E-state index contributed by atoms with van der Waals surface area (Å²) in [4.78, 5) is 11.9. The van der Waals surface area contributed by atoms with Crippen LogP contribution in [0, 0.1) is 5.92 Å². The zero-order valence-electron chi connectivity index (χ0n) is 12.0. The van der Waals surface area contributed by atoms with Gasteiger partial charge < -0.3 is 10.6 Å². The summed E-state index contributed by atoms with van der Waals surface area (Å²) >= 11 is 0. The van der Waals surface area contributed by atoms with Crippen LogP contribution < -0.4 is 10.6 Å². The highest BCUT2D eigenvalue weighted by atomic mass is 32.2. The van der Waals surface area contributed by atoms with Gasteiger partial charge in [0.2, 0.25) is 15.9 Å². The molecule has 0 aliphatic carbocycles. The zero-order chi connectivity index (χ0) is 14.5. The van der Waals surface area contributed by atoms with Gasteiger partial charge in [0.1, 0.15) is 0 Å². The molecule has 2 unspecified atom stereocenters. The SMILES string of the molecule is CCN(CCCNC(=O)C1CCNC1C)S(C)(=O)=O. The van der Waals surface area contributed by atoms with E-state index in [2.05, 4.69) is 10.6 Å². The minimum atomic E-state index is -3.13. The lowest BCUT2D eigenvalue weighted by Crippen LogP contribution is -2.38. The first-order valence-electron chi connectivity index (χ1n) is 6.82. The van der Waals surface area contributed by atoms with E-state index in [-0.39, 0.29) is 17.9 Å². The number of hydrogen-bond donors (Lipinski definition) is 2. The fourth-order valence-electron chi connectivity index (χ4n) is 2.37. The Morgan fingerprint density at radius 1 is 1.47 bits per heavy atom. The molecule has 1 aliphatic heterocycles. The van der Waals surface area contributed by atoms with Gasteiger partial charge in [-0.3, -0.25) is 4.79 Å². The Hall–Kier alpha value is -0.660. The largest absolute Gasteiger partial charge is 0.356 e. The maximum atomic E-state index is 11.9. The molecule has 0 aromatic rings. The van der Waals surface area contributed by atoms with Gasteiger partial charge in [0.15, 0.2) is 0 Å². The van der Waals surface area contributed by atoms with Crippen LogP contribution in [-0.4, -0.2) is 57.1 Å². The van der Waals surface area contributed by atoms with Crippen molar-refractivity contribution in [2.75, 3.05) is 32.4 Å². The predicted molar refractivity (Wildman–Crippen MR) is 75.3 cm³/mol. The number of nitrogens with one attached hydrogen (secondary N) is 2. The molecule has 0 saturated carbocycles. The highest BCUT2D eigenvalue weighted by molar-refractivity contribution is 7.88. The van der Waals surface area contributed by atoms with Crippen molar-refractivity contribution in [1.29, 1.82) is 0 Å². The topological polar surface area (TPSA) is 78.5 Å². The van der Waals surface area contributed by atoms with Gasteiger partial charge in [-0.1, -0.05) is 6.92 Å². The first-order valence-corrected chi connectivity index (χ1v) is 8.67. The molecule has 0 aromatic carbocycles. The van der Waals surface area contributed by atoms with E-state index in [1.807, 2.05) is 13.8 Å². The van der Waals surface area contributed by atoms with Crippen LogP contribution in [0.25, 0.3) is 0 Å². The summed E-state index contributed by atoms with van der Waals surface area (Å²) in [7, 11) is -3.13. The maximum Gasteiger partial charge on any atom is 0.224 e. The molecule has 7 heteroatoms. The van der Waals surface area contributed by atoms with Crippen LogP contribution in [-0.2, 0) is 14.8 Å². The summed E-state index contributed by atoms with van der Waals surface area (Å²) < 4.78 is 24.2. The molecule has 0 radical (unpaired) electrons. The Labute approximate surface area is 116 Å². The molecule has 2 atom stereocenters. The van der Waals surface area contributed by atoms with Gasteiger partial charge >= 0.3 is 0 Å². The molecule has 0 spiro atoms. The number of hydrogen-bond acceptors (Lipinski definition) is 4. The lowest BCUT2D eigenvalue weighted by Gasteiger charge is -2.18. The van der Waals surface area contributed by atoms with Crippen molar-refractivity contribution >= 4 is 15.9 Å². The van der Waals surface area contributed by atoms with Crippen molar-refractivity contribution in [3.05, 3.63) is 0 Å². The van der Waals surface area contributed by atoms with Crippen molar-refractivity contribution in [3.63, 3.8) is 0 Å². The van der Waals surface area contributed by atoms with Gasteiger partial charge in [0, 0.05) is 25.7 Å². The molecule has 1 rings (SSSR count). The summed E-state index contributed by atoms with van der Waals surface area (Å²) in [6.07, 6.45) is 2.72. The molecular weight excluding hydrogens is 266 g/mol. The summed E-state index contributed by atoms with van der Waals surface area (Å²) in [5.41, 5.74) is 0. The van der Waals surface area contributed by atoms with Crippen molar-refractivity contribution < 1.29 is 13.2 Å². The second kappa shape index (κ2) is 7.21. The molecule has 19 heavy (non-hydrogen) atoms. The highest BCUT2D eigenvalue weighted by Gasteiger charge is 2.28. The first kappa shape index (κ1) is 16.4. The van der Waals surface area contributed by atoms with E-state index in [9.17, 15) is 13.2 Å². The van der Waals surface area contributed by atoms with Crippen LogP contribution in [0.15, 0.2) is 0 Å². The molecule has 1 saturated heterocycles. The standard InChI is InChI=1S/C12H25N3O3S/c1-4-15(19(3,17)18)9-5-7-14-12(16)11-6-8-13-10(11)2/h10-11,13H,4-9H2,1-3H3,(H,14,16). The van der Waals surface area contributed by atoms with Gasteiger partial charge in [-0.2, -0.15) is 0 Å². The Bertz CT molecular complexity index is 397. The Kier molecular flexibility index (Phi) is 6.22. The Morgan fingerprint density at radius 3 is 2.63 bits per heavy atom. The van der Waals surface area contributed by atoms with Gasteiger partial charge in [-0.25, -0.2) is 12.7 Å². The summed E-state index contributed by atoms with van der Waals surface area (Å²) in [6.45, 7) is 6.15. The highest BCUT2D eigenvalue weighted by Crippen LogP contribution is 2.14. The van der Waals surface area contributed by atoms with Crippen LogP contribution in [0.2, 0.25) is 0 Å². The van der Waals surface area contributed by atoms with Crippen molar-refractivity contribution in [1.82, 2.24) is 14.9 Å². The molecule has 112 valence electrons. The van der Waals surface area contributed by atoms with E-state index >= 15 is 0 Å². The molecule has 1 aliphatic rings. The minimum Gasteiger partial charge on any atom is -0.356 e. The predicted octanol–water partition coefficient (Wildman–Crippen LogP) is -0.228. The quantitative estimate of drug-likeness (QED) is 0.635. The third-order valence-corrected chi connectivity index (χ3v) is 4.95. The maximum absolute atomic E-state index is 11.9. The van der Waals surface area contributed by atoms with Crippen LogP contribution in [0.3, 0.4) is 0 Å². The third kappa shape index (κ3) is 5.08. The molecule has 6 nitrogen and oxygen atoms in total. The van der Waals surface area contributed by atoms with Crippen LogP contribution in [0.1, 0.15) is 26.7 Å². The number of carbonyl (C=O) groups is 1. The fraction of sp³-hybridized carbons (Fsp3) is 0.917. The van der Waals surface area contributed by atoms with Gasteiger partial charge in [0.05, 0.1) is 12.2 Å². The zero-order valence-corrected chi connectivity index (χ0v) is 12.8. The van der Waals surface area contributed by atoms with E-state index < -0.39 is 10.0 Å². The minimum absolute atomic E-state index is 0.0391.